The summed E-state index contributed by atoms with van der Waals surface area (Å²) in [5.74, 6) is -0.382. The number of benzene rings is 2. The molecule has 0 radical (unpaired) electrons. The Morgan fingerprint density at radius 2 is 2.04 bits per heavy atom. The molecule has 1 aliphatic heterocycles. The molecule has 2 aromatic rings. The first-order chi connectivity index (χ1) is 12.3. The smallest absolute Gasteiger partial charge is 0.251 e. The summed E-state index contributed by atoms with van der Waals surface area (Å²) in [7, 11) is 0. The summed E-state index contributed by atoms with van der Waals surface area (Å²) in [4.78, 5) is 24.2. The molecule has 0 atom stereocenters. The maximum absolute atomic E-state index is 13.2. The molecule has 26 heavy (non-hydrogen) atoms. The van der Waals surface area contributed by atoms with Crippen LogP contribution < -0.4 is 10.6 Å². The number of rotatable bonds is 5. The van der Waals surface area contributed by atoms with E-state index in [2.05, 4.69) is 10.6 Å². The van der Waals surface area contributed by atoms with Crippen LogP contribution in [0.2, 0.25) is 0 Å². The second kappa shape index (κ2) is 7.28. The fraction of sp³-hybridized carbons (Fsp3) is 0.333. The average Bonchev–Trinajstić information content (AvgIpc) is 2.57. The van der Waals surface area contributed by atoms with Gasteiger partial charge in [-0.1, -0.05) is 26.0 Å². The van der Waals surface area contributed by atoms with Gasteiger partial charge in [-0.3, -0.25) is 9.59 Å². The Morgan fingerprint density at radius 1 is 1.23 bits per heavy atom. The van der Waals surface area contributed by atoms with E-state index in [1.54, 1.807) is 18.2 Å². The van der Waals surface area contributed by atoms with Gasteiger partial charge in [-0.2, -0.15) is 0 Å². The van der Waals surface area contributed by atoms with E-state index in [0.29, 0.717) is 24.9 Å². The lowest BCUT2D eigenvalue weighted by Crippen LogP contribution is -2.33. The van der Waals surface area contributed by atoms with E-state index in [0.717, 1.165) is 23.2 Å². The Bertz CT molecular complexity index is 846. The van der Waals surface area contributed by atoms with Crippen molar-refractivity contribution in [2.75, 3.05) is 11.9 Å². The molecule has 0 aromatic heterocycles. The Labute approximate surface area is 152 Å². The number of anilines is 1. The maximum atomic E-state index is 13.2. The highest BCUT2D eigenvalue weighted by molar-refractivity contribution is 5.98. The van der Waals surface area contributed by atoms with Crippen LogP contribution in [-0.2, 0) is 16.6 Å². The number of amides is 2. The van der Waals surface area contributed by atoms with Crippen LogP contribution in [0.1, 0.15) is 48.2 Å². The minimum atomic E-state index is -0.300. The Kier molecular flexibility index (Phi) is 5.07. The molecule has 1 heterocycles. The van der Waals surface area contributed by atoms with E-state index in [4.69, 9.17) is 0 Å². The quantitative estimate of drug-likeness (QED) is 0.802. The van der Waals surface area contributed by atoms with Crippen molar-refractivity contribution in [3.63, 3.8) is 0 Å². The maximum Gasteiger partial charge on any atom is 0.251 e. The number of hydrogen-bond acceptors (Lipinski definition) is 2. The lowest BCUT2D eigenvalue weighted by molar-refractivity contribution is -0.117. The molecule has 2 amide bonds. The molecule has 0 saturated carbocycles. The van der Waals surface area contributed by atoms with Gasteiger partial charge in [0, 0.05) is 29.6 Å². The summed E-state index contributed by atoms with van der Waals surface area (Å²) in [6.45, 7) is 4.53. The van der Waals surface area contributed by atoms with Gasteiger partial charge in [0.05, 0.1) is 0 Å². The molecule has 4 nitrogen and oxygen atoms in total. The van der Waals surface area contributed by atoms with E-state index in [-0.39, 0.29) is 23.0 Å². The van der Waals surface area contributed by atoms with Crippen LogP contribution in [0.5, 0.6) is 0 Å². The SMILES string of the molecule is CC1(C)CC(=O)Nc2ccc(C(=O)NCCCc3cccc(F)c3)cc21. The lowest BCUT2D eigenvalue weighted by atomic mass is 9.77. The molecular formula is C21H23FN2O2. The van der Waals surface area contributed by atoms with Crippen molar-refractivity contribution in [2.45, 2.75) is 38.5 Å². The van der Waals surface area contributed by atoms with Gasteiger partial charge in [0.1, 0.15) is 5.82 Å². The molecule has 1 aliphatic rings. The van der Waals surface area contributed by atoms with Gasteiger partial charge >= 0.3 is 0 Å². The molecule has 3 rings (SSSR count). The van der Waals surface area contributed by atoms with Crippen LogP contribution in [-0.4, -0.2) is 18.4 Å². The molecular weight excluding hydrogens is 331 g/mol. The first-order valence-electron chi connectivity index (χ1n) is 8.82. The summed E-state index contributed by atoms with van der Waals surface area (Å²) >= 11 is 0. The lowest BCUT2D eigenvalue weighted by Gasteiger charge is -2.32. The summed E-state index contributed by atoms with van der Waals surface area (Å²) in [5, 5.41) is 5.76. The Morgan fingerprint density at radius 3 is 2.81 bits per heavy atom. The molecule has 0 unspecified atom stereocenters. The molecule has 0 saturated heterocycles. The van der Waals surface area contributed by atoms with Gasteiger partial charge < -0.3 is 10.6 Å². The molecule has 5 heteroatoms. The fourth-order valence-electron chi connectivity index (χ4n) is 3.33. The minimum Gasteiger partial charge on any atom is -0.352 e. The van der Waals surface area contributed by atoms with E-state index < -0.39 is 0 Å². The molecule has 0 aliphatic carbocycles. The molecule has 0 spiro atoms. The predicted molar refractivity (Wildman–Crippen MR) is 99.8 cm³/mol. The number of carbonyl (C=O) groups excluding carboxylic acids is 2. The first kappa shape index (κ1) is 18.1. The number of halogens is 1. The van der Waals surface area contributed by atoms with Crippen LogP contribution in [0, 0.1) is 5.82 Å². The third kappa shape index (κ3) is 4.10. The molecule has 136 valence electrons. The molecule has 0 fully saturated rings. The van der Waals surface area contributed by atoms with Gasteiger partial charge in [-0.05, 0) is 54.3 Å². The van der Waals surface area contributed by atoms with Crippen molar-refractivity contribution < 1.29 is 14.0 Å². The van der Waals surface area contributed by atoms with Gasteiger partial charge in [0.15, 0.2) is 0 Å². The first-order valence-corrected chi connectivity index (χ1v) is 8.82. The summed E-state index contributed by atoms with van der Waals surface area (Å²) in [6.07, 6.45) is 1.85. The van der Waals surface area contributed by atoms with Crippen LogP contribution in [0.15, 0.2) is 42.5 Å². The topological polar surface area (TPSA) is 58.2 Å². The average molecular weight is 354 g/mol. The van der Waals surface area contributed by atoms with Gasteiger partial charge in [0.2, 0.25) is 5.91 Å². The van der Waals surface area contributed by atoms with E-state index in [1.807, 2.05) is 26.0 Å². The van der Waals surface area contributed by atoms with Crippen molar-refractivity contribution in [3.05, 3.63) is 65.0 Å². The van der Waals surface area contributed by atoms with E-state index in [1.165, 1.54) is 12.1 Å². The summed E-state index contributed by atoms with van der Waals surface area (Å²) < 4.78 is 13.2. The van der Waals surface area contributed by atoms with E-state index >= 15 is 0 Å². The Hall–Kier alpha value is -2.69. The fourth-order valence-corrected chi connectivity index (χ4v) is 3.33. The normalized spacial score (nSPS) is 15.1. The second-order valence-corrected chi connectivity index (χ2v) is 7.36. The summed E-state index contributed by atoms with van der Waals surface area (Å²) in [6, 6.07) is 11.9. The third-order valence-electron chi connectivity index (χ3n) is 4.70. The highest BCUT2D eigenvalue weighted by Gasteiger charge is 2.32. The predicted octanol–water partition coefficient (Wildman–Crippen LogP) is 3.81. The van der Waals surface area contributed by atoms with Crippen LogP contribution >= 0.6 is 0 Å². The van der Waals surface area contributed by atoms with Crippen molar-refractivity contribution in [1.29, 1.82) is 0 Å². The van der Waals surface area contributed by atoms with Crippen LogP contribution in [0.25, 0.3) is 0 Å². The Balaban J connectivity index is 1.59. The zero-order valence-electron chi connectivity index (χ0n) is 15.1. The zero-order chi connectivity index (χ0) is 18.7. The number of carbonyl (C=O) groups is 2. The second-order valence-electron chi connectivity index (χ2n) is 7.36. The summed E-state index contributed by atoms with van der Waals surface area (Å²) in [5.41, 5.74) is 2.95. The number of fused-ring (bicyclic) bond motifs is 1. The standard InChI is InChI=1S/C21H23FN2O2/c1-21(2)13-19(25)24-18-9-8-15(12-17(18)21)20(26)23-10-4-6-14-5-3-7-16(22)11-14/h3,5,7-9,11-12H,4,6,10,13H2,1-2H3,(H,23,26)(H,24,25). The molecule has 2 N–H and O–H groups in total. The van der Waals surface area contributed by atoms with Gasteiger partial charge in [-0.15, -0.1) is 0 Å². The van der Waals surface area contributed by atoms with Gasteiger partial charge in [-0.25, -0.2) is 4.39 Å². The molecule has 2 aromatic carbocycles. The minimum absolute atomic E-state index is 0.00273. The third-order valence-corrected chi connectivity index (χ3v) is 4.70. The van der Waals surface area contributed by atoms with Crippen molar-refractivity contribution in [1.82, 2.24) is 5.32 Å². The largest absolute Gasteiger partial charge is 0.352 e. The molecule has 0 bridgehead atoms. The number of nitrogens with one attached hydrogen (secondary N) is 2. The van der Waals surface area contributed by atoms with Crippen molar-refractivity contribution in [3.8, 4) is 0 Å². The number of hydrogen-bond donors (Lipinski definition) is 2. The van der Waals surface area contributed by atoms with E-state index in [9.17, 15) is 14.0 Å². The van der Waals surface area contributed by atoms with Crippen LogP contribution in [0.3, 0.4) is 0 Å². The highest BCUT2D eigenvalue weighted by Crippen LogP contribution is 2.37. The number of aryl methyl sites for hydroxylation is 1. The zero-order valence-corrected chi connectivity index (χ0v) is 15.1. The monoisotopic (exact) mass is 354 g/mol. The van der Waals surface area contributed by atoms with Crippen molar-refractivity contribution >= 4 is 17.5 Å². The van der Waals surface area contributed by atoms with Gasteiger partial charge in [0.25, 0.3) is 5.91 Å². The van der Waals surface area contributed by atoms with Crippen LogP contribution in [0.4, 0.5) is 10.1 Å². The van der Waals surface area contributed by atoms with Crippen molar-refractivity contribution in [2.24, 2.45) is 0 Å². The highest BCUT2D eigenvalue weighted by atomic mass is 19.1.